The van der Waals surface area contributed by atoms with Crippen LogP contribution in [0.4, 0.5) is 5.88 Å². The van der Waals surface area contributed by atoms with Gasteiger partial charge in [0.1, 0.15) is 17.4 Å². The maximum absolute atomic E-state index is 9.29. The molecule has 4 nitrogen and oxygen atoms in total. The van der Waals surface area contributed by atoms with E-state index in [2.05, 4.69) is 21.7 Å². The molecule has 3 aromatic rings. The van der Waals surface area contributed by atoms with Crippen molar-refractivity contribution in [1.82, 2.24) is 4.57 Å². The summed E-state index contributed by atoms with van der Waals surface area (Å²) < 4.78 is 7.71. The second-order valence-electron chi connectivity index (χ2n) is 5.98. The van der Waals surface area contributed by atoms with Crippen molar-refractivity contribution in [3.05, 3.63) is 69.2 Å². The highest BCUT2D eigenvalue weighted by Crippen LogP contribution is 2.28. The van der Waals surface area contributed by atoms with Crippen molar-refractivity contribution in [3.63, 3.8) is 0 Å². The Morgan fingerprint density at radius 2 is 1.96 bits per heavy atom. The smallest absolute Gasteiger partial charge is 0.237 e. The summed E-state index contributed by atoms with van der Waals surface area (Å²) >= 11 is 6.12. The number of furan rings is 1. The molecule has 0 aliphatic heterocycles. The van der Waals surface area contributed by atoms with Crippen molar-refractivity contribution in [2.24, 2.45) is 4.99 Å². The molecule has 25 heavy (non-hydrogen) atoms. The topological polar surface area (TPSA) is 54.2 Å². The number of nitriles is 1. The van der Waals surface area contributed by atoms with E-state index >= 15 is 0 Å². The summed E-state index contributed by atoms with van der Waals surface area (Å²) in [6.45, 7) is 7.76. The van der Waals surface area contributed by atoms with E-state index in [1.165, 1.54) is 0 Å². The molecule has 0 N–H and O–H groups in total. The minimum Gasteiger partial charge on any atom is -0.442 e. The largest absolute Gasteiger partial charge is 0.442 e. The summed E-state index contributed by atoms with van der Waals surface area (Å²) in [6, 6.07) is 11.9. The van der Waals surface area contributed by atoms with Crippen molar-refractivity contribution < 1.29 is 4.42 Å². The Hall–Kier alpha value is -2.77. The van der Waals surface area contributed by atoms with Crippen LogP contribution < -0.4 is 0 Å². The molecule has 0 saturated carbocycles. The molecule has 2 heterocycles. The first-order chi connectivity index (χ1) is 11.9. The lowest BCUT2D eigenvalue weighted by atomic mass is 10.2. The van der Waals surface area contributed by atoms with E-state index in [-0.39, 0.29) is 0 Å². The number of aryl methyl sites for hydroxylation is 2. The molecule has 0 aliphatic rings. The highest BCUT2D eigenvalue weighted by molar-refractivity contribution is 6.30. The number of nitrogens with zero attached hydrogens (tertiary/aromatic N) is 3. The van der Waals surface area contributed by atoms with Gasteiger partial charge in [-0.1, -0.05) is 17.7 Å². The van der Waals surface area contributed by atoms with Crippen molar-refractivity contribution in [2.45, 2.75) is 27.7 Å². The maximum Gasteiger partial charge on any atom is 0.237 e. The molecule has 0 saturated heterocycles. The second-order valence-corrected chi connectivity index (χ2v) is 6.41. The average molecular weight is 352 g/mol. The Morgan fingerprint density at radius 3 is 2.64 bits per heavy atom. The van der Waals surface area contributed by atoms with Gasteiger partial charge in [-0.25, -0.2) is 4.99 Å². The van der Waals surface area contributed by atoms with Gasteiger partial charge in [0, 0.05) is 39.4 Å². The fourth-order valence-electron chi connectivity index (χ4n) is 2.89. The average Bonchev–Trinajstić information content (AvgIpc) is 3.01. The molecular formula is C20H18ClN3O. The van der Waals surface area contributed by atoms with Crippen LogP contribution in [0.2, 0.25) is 5.02 Å². The summed E-state index contributed by atoms with van der Waals surface area (Å²) in [5, 5.41) is 9.98. The first-order valence-electron chi connectivity index (χ1n) is 7.91. The summed E-state index contributed by atoms with van der Waals surface area (Å²) in [5.74, 6) is 1.07. The summed E-state index contributed by atoms with van der Waals surface area (Å²) in [5.41, 5.74) is 5.41. The molecule has 0 unspecified atom stereocenters. The fraction of sp³-hybridized carbons (Fsp3) is 0.200. The lowest BCUT2D eigenvalue weighted by Crippen LogP contribution is -1.99. The van der Waals surface area contributed by atoms with E-state index in [1.807, 2.05) is 52.0 Å². The number of benzene rings is 1. The zero-order valence-electron chi connectivity index (χ0n) is 14.6. The lowest BCUT2D eigenvalue weighted by Gasteiger charge is -2.09. The Labute approximate surface area is 152 Å². The molecule has 0 radical (unpaired) electrons. The SMILES string of the molecule is Cc1oc(N=Cc2cc(C)n(-c3cccc(Cl)c3)c2C)c(C#N)c1C. The fourth-order valence-corrected chi connectivity index (χ4v) is 3.08. The van der Waals surface area contributed by atoms with E-state index in [9.17, 15) is 5.26 Å². The number of aromatic nitrogens is 1. The van der Waals surface area contributed by atoms with Crippen molar-refractivity contribution in [3.8, 4) is 11.8 Å². The first-order valence-corrected chi connectivity index (χ1v) is 8.29. The van der Waals surface area contributed by atoms with Gasteiger partial charge in [-0.05, 0) is 52.0 Å². The third-order valence-electron chi connectivity index (χ3n) is 4.34. The van der Waals surface area contributed by atoms with Crippen LogP contribution in [0.25, 0.3) is 5.69 Å². The molecule has 126 valence electrons. The molecule has 0 fully saturated rings. The first kappa shape index (κ1) is 17.1. The normalized spacial score (nSPS) is 11.2. The third kappa shape index (κ3) is 3.11. The van der Waals surface area contributed by atoms with Crippen LogP contribution in [0.5, 0.6) is 0 Å². The van der Waals surface area contributed by atoms with Crippen molar-refractivity contribution >= 4 is 23.7 Å². The minimum absolute atomic E-state index is 0.352. The van der Waals surface area contributed by atoms with Crippen LogP contribution >= 0.6 is 11.6 Å². The van der Waals surface area contributed by atoms with Crippen molar-refractivity contribution in [2.75, 3.05) is 0 Å². The number of aliphatic imine (C=N–C) groups is 1. The number of hydrogen-bond donors (Lipinski definition) is 0. The Balaban J connectivity index is 2.02. The summed E-state index contributed by atoms with van der Waals surface area (Å²) in [4.78, 5) is 4.40. The van der Waals surface area contributed by atoms with Crippen molar-refractivity contribution in [1.29, 1.82) is 5.26 Å². The molecule has 5 heteroatoms. The van der Waals surface area contributed by atoms with E-state index in [1.54, 1.807) is 6.21 Å². The molecule has 2 aromatic heterocycles. The van der Waals surface area contributed by atoms with E-state index < -0.39 is 0 Å². The Kier molecular flexibility index (Phi) is 4.52. The summed E-state index contributed by atoms with van der Waals surface area (Å²) in [6.07, 6.45) is 1.74. The van der Waals surface area contributed by atoms with Gasteiger partial charge in [0.15, 0.2) is 0 Å². The molecule has 1 aromatic carbocycles. The highest BCUT2D eigenvalue weighted by atomic mass is 35.5. The maximum atomic E-state index is 9.29. The Morgan fingerprint density at radius 1 is 1.20 bits per heavy atom. The monoisotopic (exact) mass is 351 g/mol. The second kappa shape index (κ2) is 6.62. The van der Waals surface area contributed by atoms with Gasteiger partial charge in [0.2, 0.25) is 5.88 Å². The Bertz CT molecular complexity index is 1020. The molecule has 0 spiro atoms. The van der Waals surface area contributed by atoms with Gasteiger partial charge in [-0.3, -0.25) is 0 Å². The molecule has 0 aliphatic carbocycles. The molecule has 0 bridgehead atoms. The third-order valence-corrected chi connectivity index (χ3v) is 4.57. The lowest BCUT2D eigenvalue weighted by molar-refractivity contribution is 0.542. The number of halogens is 1. The standard InChI is InChI=1S/C20H18ClN3O/c1-12-8-16(11-23-20-19(10-22)13(2)15(4)25-20)14(3)24(12)18-7-5-6-17(21)9-18/h5-9,11H,1-4H3. The van der Waals surface area contributed by atoms with Crippen LogP contribution in [0.1, 0.15) is 33.8 Å². The molecular weight excluding hydrogens is 334 g/mol. The van der Waals surface area contributed by atoms with Crippen LogP contribution in [0, 0.1) is 39.0 Å². The number of rotatable bonds is 3. The van der Waals surface area contributed by atoms with E-state index in [4.69, 9.17) is 16.0 Å². The quantitative estimate of drug-likeness (QED) is 0.578. The zero-order valence-corrected chi connectivity index (χ0v) is 15.3. The van der Waals surface area contributed by atoms with Gasteiger partial charge in [-0.15, -0.1) is 0 Å². The molecule has 0 atom stereocenters. The predicted molar refractivity (Wildman–Crippen MR) is 100 cm³/mol. The van der Waals surface area contributed by atoms with Gasteiger partial charge < -0.3 is 8.98 Å². The van der Waals surface area contributed by atoms with Gasteiger partial charge in [-0.2, -0.15) is 5.26 Å². The predicted octanol–water partition coefficient (Wildman–Crippen LogP) is 5.58. The summed E-state index contributed by atoms with van der Waals surface area (Å²) in [7, 11) is 0. The zero-order chi connectivity index (χ0) is 18.1. The highest BCUT2D eigenvalue weighted by Gasteiger charge is 2.14. The van der Waals surface area contributed by atoms with Crippen LogP contribution in [-0.2, 0) is 0 Å². The minimum atomic E-state index is 0.352. The number of hydrogen-bond acceptors (Lipinski definition) is 3. The van der Waals surface area contributed by atoms with E-state index in [0.717, 1.165) is 28.2 Å². The molecule has 0 amide bonds. The van der Waals surface area contributed by atoms with Crippen LogP contribution in [0.3, 0.4) is 0 Å². The van der Waals surface area contributed by atoms with Gasteiger partial charge in [0.25, 0.3) is 0 Å². The van der Waals surface area contributed by atoms with E-state index in [0.29, 0.717) is 22.2 Å². The van der Waals surface area contributed by atoms with Gasteiger partial charge >= 0.3 is 0 Å². The van der Waals surface area contributed by atoms with Gasteiger partial charge in [0.05, 0.1) is 0 Å². The van der Waals surface area contributed by atoms with Crippen LogP contribution in [-0.4, -0.2) is 10.8 Å². The van der Waals surface area contributed by atoms with Crippen LogP contribution in [0.15, 0.2) is 39.7 Å². The molecule has 3 rings (SSSR count).